The highest BCUT2D eigenvalue weighted by atomic mass is 15.0. The van der Waals surface area contributed by atoms with Gasteiger partial charge in [0.2, 0.25) is 0 Å². The molecule has 0 aliphatic rings. The van der Waals surface area contributed by atoms with Gasteiger partial charge in [0, 0.05) is 23.0 Å². The Morgan fingerprint density at radius 3 is 2.24 bits per heavy atom. The molecule has 21 heavy (non-hydrogen) atoms. The van der Waals surface area contributed by atoms with Crippen LogP contribution in [0.3, 0.4) is 0 Å². The average Bonchev–Trinajstić information content (AvgIpc) is 2.89. The summed E-state index contributed by atoms with van der Waals surface area (Å²) < 4.78 is 2.31. The lowest BCUT2D eigenvalue weighted by Crippen LogP contribution is -1.97. The Morgan fingerprint density at radius 1 is 0.714 bits per heavy atom. The van der Waals surface area contributed by atoms with Crippen molar-refractivity contribution in [1.29, 1.82) is 0 Å². The summed E-state index contributed by atoms with van der Waals surface area (Å²) in [6, 6.07) is 25.5. The fourth-order valence-corrected chi connectivity index (χ4v) is 3.00. The smallest absolute Gasteiger partial charge is 0.0544 e. The minimum absolute atomic E-state index is 0.562. The summed E-state index contributed by atoms with van der Waals surface area (Å²) in [5, 5.41) is 2.55. The first-order chi connectivity index (χ1) is 10.4. The maximum atomic E-state index is 5.81. The molecular weight excluding hydrogens is 256 g/mol. The standard InChI is InChI=1S/C19H16N2/c20-13-14-10-11-17-16-8-4-5-9-18(16)21(19(17)12-14)15-6-2-1-3-7-15/h1-12H,13,20H2. The van der Waals surface area contributed by atoms with Gasteiger partial charge in [0.15, 0.2) is 0 Å². The number of benzene rings is 3. The minimum atomic E-state index is 0.562. The Labute approximate surface area is 123 Å². The zero-order valence-electron chi connectivity index (χ0n) is 11.7. The molecule has 0 saturated carbocycles. The highest BCUT2D eigenvalue weighted by Crippen LogP contribution is 2.32. The van der Waals surface area contributed by atoms with Gasteiger partial charge in [-0.05, 0) is 29.8 Å². The maximum absolute atomic E-state index is 5.81. The van der Waals surface area contributed by atoms with Crippen molar-refractivity contribution in [3.63, 3.8) is 0 Å². The summed E-state index contributed by atoms with van der Waals surface area (Å²) in [6.45, 7) is 0.562. The molecule has 4 aromatic rings. The van der Waals surface area contributed by atoms with E-state index in [2.05, 4.69) is 71.3 Å². The number of rotatable bonds is 2. The van der Waals surface area contributed by atoms with E-state index in [9.17, 15) is 0 Å². The zero-order chi connectivity index (χ0) is 14.2. The molecule has 1 heterocycles. The van der Waals surface area contributed by atoms with Gasteiger partial charge in [-0.2, -0.15) is 0 Å². The second-order valence-corrected chi connectivity index (χ2v) is 5.24. The Hall–Kier alpha value is -2.58. The second-order valence-electron chi connectivity index (χ2n) is 5.24. The van der Waals surface area contributed by atoms with E-state index >= 15 is 0 Å². The van der Waals surface area contributed by atoms with E-state index in [1.807, 2.05) is 6.07 Å². The topological polar surface area (TPSA) is 30.9 Å². The first-order valence-corrected chi connectivity index (χ1v) is 7.16. The van der Waals surface area contributed by atoms with E-state index in [1.54, 1.807) is 0 Å². The lowest BCUT2D eigenvalue weighted by Gasteiger charge is -2.08. The van der Waals surface area contributed by atoms with Crippen molar-refractivity contribution in [2.45, 2.75) is 6.54 Å². The minimum Gasteiger partial charge on any atom is -0.326 e. The molecule has 0 saturated heterocycles. The molecular formula is C19H16N2. The van der Waals surface area contributed by atoms with Crippen molar-refractivity contribution in [2.75, 3.05) is 0 Å². The van der Waals surface area contributed by atoms with Crippen LogP contribution in [0.1, 0.15) is 5.56 Å². The van der Waals surface area contributed by atoms with E-state index in [0.717, 1.165) is 5.56 Å². The number of aromatic nitrogens is 1. The summed E-state index contributed by atoms with van der Waals surface area (Å²) >= 11 is 0. The van der Waals surface area contributed by atoms with Crippen molar-refractivity contribution >= 4 is 21.8 Å². The molecule has 0 bridgehead atoms. The van der Waals surface area contributed by atoms with Gasteiger partial charge in [-0.25, -0.2) is 0 Å². The molecule has 0 atom stereocenters. The molecule has 0 aliphatic carbocycles. The van der Waals surface area contributed by atoms with Gasteiger partial charge in [-0.3, -0.25) is 0 Å². The van der Waals surface area contributed by atoms with Crippen molar-refractivity contribution < 1.29 is 0 Å². The van der Waals surface area contributed by atoms with Crippen LogP contribution in [0.2, 0.25) is 0 Å². The predicted molar refractivity (Wildman–Crippen MR) is 88.7 cm³/mol. The normalized spacial score (nSPS) is 11.3. The molecule has 0 spiro atoms. The molecule has 1 aromatic heterocycles. The van der Waals surface area contributed by atoms with Gasteiger partial charge in [0.1, 0.15) is 0 Å². The second kappa shape index (κ2) is 4.76. The fourth-order valence-electron chi connectivity index (χ4n) is 3.00. The summed E-state index contributed by atoms with van der Waals surface area (Å²) in [4.78, 5) is 0. The molecule has 4 rings (SSSR count). The molecule has 0 unspecified atom stereocenters. The van der Waals surface area contributed by atoms with Gasteiger partial charge >= 0.3 is 0 Å². The summed E-state index contributed by atoms with van der Waals surface area (Å²) in [6.07, 6.45) is 0. The summed E-state index contributed by atoms with van der Waals surface area (Å²) in [7, 11) is 0. The number of hydrogen-bond donors (Lipinski definition) is 1. The van der Waals surface area contributed by atoms with Gasteiger partial charge in [-0.15, -0.1) is 0 Å². The lowest BCUT2D eigenvalue weighted by molar-refractivity contribution is 1.07. The first-order valence-electron chi connectivity index (χ1n) is 7.16. The van der Waals surface area contributed by atoms with Crippen LogP contribution in [0.5, 0.6) is 0 Å². The first kappa shape index (κ1) is 12.2. The van der Waals surface area contributed by atoms with Crippen LogP contribution in [0.25, 0.3) is 27.5 Å². The number of nitrogens with two attached hydrogens (primary N) is 1. The van der Waals surface area contributed by atoms with Gasteiger partial charge in [-0.1, -0.05) is 48.5 Å². The molecule has 2 heteroatoms. The average molecular weight is 272 g/mol. The van der Waals surface area contributed by atoms with Crippen molar-refractivity contribution in [2.24, 2.45) is 5.73 Å². The van der Waals surface area contributed by atoms with Crippen molar-refractivity contribution in [1.82, 2.24) is 4.57 Å². The number of nitrogens with zero attached hydrogens (tertiary/aromatic N) is 1. The van der Waals surface area contributed by atoms with Gasteiger partial charge in [0.05, 0.1) is 11.0 Å². The SMILES string of the molecule is NCc1ccc2c3ccccc3n(-c3ccccc3)c2c1. The highest BCUT2D eigenvalue weighted by Gasteiger charge is 2.11. The predicted octanol–water partition coefficient (Wildman–Crippen LogP) is 4.24. The van der Waals surface area contributed by atoms with Crippen molar-refractivity contribution in [3.05, 3.63) is 78.4 Å². The molecule has 0 aliphatic heterocycles. The summed E-state index contributed by atoms with van der Waals surface area (Å²) in [5.41, 5.74) is 10.6. The van der Waals surface area contributed by atoms with Crippen LogP contribution in [-0.2, 0) is 6.54 Å². The Kier molecular flexibility index (Phi) is 2.76. The maximum Gasteiger partial charge on any atom is 0.0544 e. The zero-order valence-corrected chi connectivity index (χ0v) is 11.7. The molecule has 2 N–H and O–H groups in total. The van der Waals surface area contributed by atoms with Crippen LogP contribution in [-0.4, -0.2) is 4.57 Å². The monoisotopic (exact) mass is 272 g/mol. The fraction of sp³-hybridized carbons (Fsp3) is 0.0526. The number of hydrogen-bond acceptors (Lipinski definition) is 1. The van der Waals surface area contributed by atoms with E-state index in [1.165, 1.54) is 27.5 Å². The lowest BCUT2D eigenvalue weighted by atomic mass is 10.1. The summed E-state index contributed by atoms with van der Waals surface area (Å²) in [5.74, 6) is 0. The molecule has 3 aromatic carbocycles. The van der Waals surface area contributed by atoms with E-state index in [0.29, 0.717) is 6.54 Å². The van der Waals surface area contributed by atoms with E-state index in [4.69, 9.17) is 5.73 Å². The largest absolute Gasteiger partial charge is 0.326 e. The molecule has 0 fully saturated rings. The van der Waals surface area contributed by atoms with Crippen LogP contribution >= 0.6 is 0 Å². The Balaban J connectivity index is 2.19. The van der Waals surface area contributed by atoms with Gasteiger partial charge in [0.25, 0.3) is 0 Å². The molecule has 0 amide bonds. The van der Waals surface area contributed by atoms with E-state index < -0.39 is 0 Å². The van der Waals surface area contributed by atoms with Crippen molar-refractivity contribution in [3.8, 4) is 5.69 Å². The Bertz CT molecular complexity index is 920. The highest BCUT2D eigenvalue weighted by molar-refractivity contribution is 6.09. The third-order valence-corrected chi connectivity index (χ3v) is 3.99. The van der Waals surface area contributed by atoms with E-state index in [-0.39, 0.29) is 0 Å². The third kappa shape index (κ3) is 1.84. The Morgan fingerprint density at radius 2 is 1.43 bits per heavy atom. The van der Waals surface area contributed by atoms with Gasteiger partial charge < -0.3 is 10.3 Å². The quantitative estimate of drug-likeness (QED) is 0.581. The van der Waals surface area contributed by atoms with Crippen LogP contribution in [0.4, 0.5) is 0 Å². The van der Waals surface area contributed by atoms with Crippen LogP contribution in [0.15, 0.2) is 72.8 Å². The number of fused-ring (bicyclic) bond motifs is 3. The third-order valence-electron chi connectivity index (χ3n) is 3.99. The number of para-hydroxylation sites is 2. The molecule has 102 valence electrons. The molecule has 2 nitrogen and oxygen atoms in total. The van der Waals surface area contributed by atoms with Crippen LogP contribution < -0.4 is 5.73 Å². The molecule has 0 radical (unpaired) electrons. The van der Waals surface area contributed by atoms with Crippen LogP contribution in [0, 0.1) is 0 Å².